The molecule has 0 bridgehead atoms. The fourth-order valence-electron chi connectivity index (χ4n) is 4.61. The summed E-state index contributed by atoms with van der Waals surface area (Å²) in [7, 11) is 0. The lowest BCUT2D eigenvalue weighted by molar-refractivity contribution is 0.0526. The first-order valence-corrected chi connectivity index (χ1v) is 9.11. The van der Waals surface area contributed by atoms with Crippen molar-refractivity contribution >= 4 is 0 Å². The van der Waals surface area contributed by atoms with E-state index in [0.29, 0.717) is 0 Å². The first kappa shape index (κ1) is 16.3. The number of likely N-dealkylation sites (tertiary alicyclic amines) is 1. The van der Waals surface area contributed by atoms with Gasteiger partial charge in [-0.15, -0.1) is 0 Å². The van der Waals surface area contributed by atoms with Crippen molar-refractivity contribution in [3.63, 3.8) is 0 Å². The maximum Gasteiger partial charge on any atom is 0.0120 e. The third-order valence-corrected chi connectivity index (χ3v) is 5.62. The van der Waals surface area contributed by atoms with Gasteiger partial charge in [-0.05, 0) is 62.9 Å². The van der Waals surface area contributed by atoms with Gasteiger partial charge in [-0.25, -0.2) is 0 Å². The summed E-state index contributed by atoms with van der Waals surface area (Å²) in [5.74, 6) is 2.72. The van der Waals surface area contributed by atoms with Gasteiger partial charge in [0.2, 0.25) is 0 Å². The molecule has 1 heterocycles. The van der Waals surface area contributed by atoms with Crippen molar-refractivity contribution in [2.45, 2.75) is 78.3 Å². The van der Waals surface area contributed by atoms with Crippen LogP contribution in [0.3, 0.4) is 0 Å². The van der Waals surface area contributed by atoms with E-state index in [-0.39, 0.29) is 0 Å². The SMILES string of the molecule is CCCNC1CCN(C2CC(C)CC(C)C2)CC1CC. The summed E-state index contributed by atoms with van der Waals surface area (Å²) >= 11 is 0. The molecular formula is C18H36N2. The van der Waals surface area contributed by atoms with Gasteiger partial charge in [-0.1, -0.05) is 34.1 Å². The van der Waals surface area contributed by atoms with Crippen LogP contribution < -0.4 is 5.32 Å². The molecule has 1 aliphatic heterocycles. The van der Waals surface area contributed by atoms with E-state index in [1.54, 1.807) is 0 Å². The minimum Gasteiger partial charge on any atom is -0.314 e. The molecule has 1 saturated carbocycles. The Morgan fingerprint density at radius 3 is 2.35 bits per heavy atom. The molecule has 1 saturated heterocycles. The van der Waals surface area contributed by atoms with Crippen LogP contribution in [0.4, 0.5) is 0 Å². The Kier molecular flexibility index (Phi) is 6.35. The van der Waals surface area contributed by atoms with Crippen molar-refractivity contribution in [1.29, 1.82) is 0 Å². The largest absolute Gasteiger partial charge is 0.314 e. The van der Waals surface area contributed by atoms with Crippen LogP contribution >= 0.6 is 0 Å². The second-order valence-corrected chi connectivity index (χ2v) is 7.58. The molecule has 0 aromatic heterocycles. The molecule has 2 aliphatic rings. The van der Waals surface area contributed by atoms with E-state index < -0.39 is 0 Å². The number of nitrogens with zero attached hydrogens (tertiary/aromatic N) is 1. The summed E-state index contributed by atoms with van der Waals surface area (Å²) in [6, 6.07) is 1.64. The maximum atomic E-state index is 3.79. The second kappa shape index (κ2) is 7.79. The monoisotopic (exact) mass is 280 g/mol. The zero-order chi connectivity index (χ0) is 14.5. The minimum atomic E-state index is 0.773. The Bertz CT molecular complexity index is 269. The summed E-state index contributed by atoms with van der Waals surface area (Å²) in [4.78, 5) is 2.84. The summed E-state index contributed by atoms with van der Waals surface area (Å²) in [5.41, 5.74) is 0. The average Bonchev–Trinajstić information content (AvgIpc) is 2.43. The van der Waals surface area contributed by atoms with Gasteiger partial charge in [0, 0.05) is 18.6 Å². The van der Waals surface area contributed by atoms with Crippen LogP contribution in [0.5, 0.6) is 0 Å². The Hall–Kier alpha value is -0.0800. The Morgan fingerprint density at radius 1 is 1.05 bits per heavy atom. The van der Waals surface area contributed by atoms with E-state index in [0.717, 1.165) is 29.8 Å². The lowest BCUT2D eigenvalue weighted by Crippen LogP contribution is -2.53. The maximum absolute atomic E-state index is 3.79. The standard InChI is InChI=1S/C18H36N2/c1-5-8-19-18-7-9-20(13-16(18)6-2)17-11-14(3)10-15(4)12-17/h14-19H,5-13H2,1-4H3. The topological polar surface area (TPSA) is 15.3 Å². The average molecular weight is 280 g/mol. The molecule has 118 valence electrons. The van der Waals surface area contributed by atoms with E-state index >= 15 is 0 Å². The summed E-state index contributed by atoms with van der Waals surface area (Å²) < 4.78 is 0. The Morgan fingerprint density at radius 2 is 1.75 bits per heavy atom. The van der Waals surface area contributed by atoms with Crippen molar-refractivity contribution < 1.29 is 0 Å². The van der Waals surface area contributed by atoms with Crippen LogP contribution in [-0.4, -0.2) is 36.6 Å². The summed E-state index contributed by atoms with van der Waals surface area (Å²) in [6.07, 6.45) is 8.27. The smallest absolute Gasteiger partial charge is 0.0120 e. The summed E-state index contributed by atoms with van der Waals surface area (Å²) in [5, 5.41) is 3.79. The highest BCUT2D eigenvalue weighted by Crippen LogP contribution is 2.34. The number of hydrogen-bond acceptors (Lipinski definition) is 2. The molecule has 4 unspecified atom stereocenters. The zero-order valence-corrected chi connectivity index (χ0v) is 14.2. The molecule has 4 atom stereocenters. The number of rotatable bonds is 5. The van der Waals surface area contributed by atoms with Crippen LogP contribution in [0.1, 0.15) is 66.2 Å². The molecule has 2 fully saturated rings. The third kappa shape index (κ3) is 4.21. The van der Waals surface area contributed by atoms with Gasteiger partial charge >= 0.3 is 0 Å². The highest BCUT2D eigenvalue weighted by atomic mass is 15.2. The van der Waals surface area contributed by atoms with Crippen molar-refractivity contribution in [1.82, 2.24) is 10.2 Å². The van der Waals surface area contributed by atoms with Crippen LogP contribution in [0.15, 0.2) is 0 Å². The van der Waals surface area contributed by atoms with Gasteiger partial charge in [0.15, 0.2) is 0 Å². The molecule has 0 amide bonds. The van der Waals surface area contributed by atoms with Crippen molar-refractivity contribution in [2.75, 3.05) is 19.6 Å². The van der Waals surface area contributed by atoms with Gasteiger partial charge in [0.1, 0.15) is 0 Å². The zero-order valence-electron chi connectivity index (χ0n) is 14.2. The minimum absolute atomic E-state index is 0.773. The molecule has 2 nitrogen and oxygen atoms in total. The molecule has 20 heavy (non-hydrogen) atoms. The van der Waals surface area contributed by atoms with Crippen molar-refractivity contribution in [2.24, 2.45) is 17.8 Å². The number of nitrogens with one attached hydrogen (secondary N) is 1. The first-order chi connectivity index (χ1) is 9.63. The molecule has 1 aliphatic carbocycles. The quantitative estimate of drug-likeness (QED) is 0.821. The Labute approximate surface area is 126 Å². The third-order valence-electron chi connectivity index (χ3n) is 5.62. The van der Waals surface area contributed by atoms with E-state index in [2.05, 4.69) is 37.9 Å². The molecule has 1 N–H and O–H groups in total. The molecule has 2 rings (SSSR count). The highest BCUT2D eigenvalue weighted by molar-refractivity contribution is 4.90. The molecule has 0 aromatic rings. The summed E-state index contributed by atoms with van der Waals surface area (Å²) in [6.45, 7) is 13.4. The molecular weight excluding hydrogens is 244 g/mol. The van der Waals surface area contributed by atoms with Crippen molar-refractivity contribution in [3.8, 4) is 0 Å². The fourth-order valence-corrected chi connectivity index (χ4v) is 4.61. The lowest BCUT2D eigenvalue weighted by Gasteiger charge is -2.45. The molecule has 0 spiro atoms. The van der Waals surface area contributed by atoms with Crippen LogP contribution in [-0.2, 0) is 0 Å². The molecule has 2 heteroatoms. The van der Waals surface area contributed by atoms with Crippen LogP contribution in [0.2, 0.25) is 0 Å². The first-order valence-electron chi connectivity index (χ1n) is 9.11. The highest BCUT2D eigenvalue weighted by Gasteiger charge is 2.34. The van der Waals surface area contributed by atoms with Gasteiger partial charge in [0.25, 0.3) is 0 Å². The van der Waals surface area contributed by atoms with E-state index in [1.165, 1.54) is 58.2 Å². The Balaban J connectivity index is 1.88. The lowest BCUT2D eigenvalue weighted by atomic mass is 9.78. The van der Waals surface area contributed by atoms with Gasteiger partial charge in [-0.3, -0.25) is 4.90 Å². The van der Waals surface area contributed by atoms with E-state index in [9.17, 15) is 0 Å². The van der Waals surface area contributed by atoms with Gasteiger partial charge in [0.05, 0.1) is 0 Å². The van der Waals surface area contributed by atoms with E-state index in [1.807, 2.05) is 0 Å². The second-order valence-electron chi connectivity index (χ2n) is 7.58. The van der Waals surface area contributed by atoms with E-state index in [4.69, 9.17) is 0 Å². The van der Waals surface area contributed by atoms with Crippen LogP contribution in [0, 0.1) is 17.8 Å². The molecule has 0 aromatic carbocycles. The van der Waals surface area contributed by atoms with Gasteiger partial charge in [-0.2, -0.15) is 0 Å². The number of piperidine rings is 1. The van der Waals surface area contributed by atoms with Crippen LogP contribution in [0.25, 0.3) is 0 Å². The van der Waals surface area contributed by atoms with Gasteiger partial charge < -0.3 is 5.32 Å². The fraction of sp³-hybridized carbons (Fsp3) is 1.00. The predicted octanol–water partition coefficient (Wildman–Crippen LogP) is 3.91. The van der Waals surface area contributed by atoms with Crippen molar-refractivity contribution in [3.05, 3.63) is 0 Å². The normalized spacial score (nSPS) is 39.9. The number of hydrogen-bond donors (Lipinski definition) is 1. The molecule has 0 radical (unpaired) electrons. The predicted molar refractivity (Wildman–Crippen MR) is 88.0 cm³/mol.